The number of rotatable bonds is 5. The lowest BCUT2D eigenvalue weighted by atomic mass is 9.90. The molecule has 0 aliphatic carbocycles. The lowest BCUT2D eigenvalue weighted by molar-refractivity contribution is -0.143. The molecule has 1 aliphatic heterocycles. The number of likely N-dealkylation sites (tertiary alicyclic amines) is 1. The summed E-state index contributed by atoms with van der Waals surface area (Å²) >= 11 is 0. The van der Waals surface area contributed by atoms with E-state index in [1.807, 2.05) is 19.0 Å². The summed E-state index contributed by atoms with van der Waals surface area (Å²) in [5.74, 6) is -0.422. The van der Waals surface area contributed by atoms with E-state index in [0.717, 1.165) is 10.5 Å². The molecule has 3 rings (SSSR count). The van der Waals surface area contributed by atoms with Crippen molar-refractivity contribution in [3.8, 4) is 0 Å². The molecule has 0 spiro atoms. The molecule has 0 N–H and O–H groups in total. The van der Waals surface area contributed by atoms with Gasteiger partial charge in [0, 0.05) is 20.1 Å². The quantitative estimate of drug-likeness (QED) is 0.391. The van der Waals surface area contributed by atoms with E-state index in [1.54, 1.807) is 17.9 Å². The second-order valence-corrected chi connectivity index (χ2v) is 9.86. The van der Waals surface area contributed by atoms with Gasteiger partial charge in [-0.2, -0.15) is 26.3 Å². The van der Waals surface area contributed by atoms with Crippen molar-refractivity contribution in [2.24, 2.45) is 5.92 Å². The minimum Gasteiger partial charge on any atom is -0.321 e. The Bertz CT molecular complexity index is 1100. The highest BCUT2D eigenvalue weighted by molar-refractivity contribution is 5.76. The lowest BCUT2D eigenvalue weighted by Crippen LogP contribution is -2.43. The molecule has 2 aromatic carbocycles. The zero-order valence-electron chi connectivity index (χ0n) is 21.2. The molecule has 1 fully saturated rings. The first kappa shape index (κ1) is 28.7. The van der Waals surface area contributed by atoms with Gasteiger partial charge in [0.15, 0.2) is 0 Å². The fraction of sp³-hybridized carbons (Fsp3) is 0.500. The highest BCUT2D eigenvalue weighted by Crippen LogP contribution is 2.42. The van der Waals surface area contributed by atoms with Crippen molar-refractivity contribution in [1.82, 2.24) is 14.7 Å². The van der Waals surface area contributed by atoms with E-state index in [2.05, 4.69) is 0 Å². The summed E-state index contributed by atoms with van der Waals surface area (Å²) in [6, 6.07) is 3.60. The van der Waals surface area contributed by atoms with Crippen LogP contribution in [0.15, 0.2) is 36.4 Å². The Hall–Kier alpha value is -2.82. The van der Waals surface area contributed by atoms with E-state index in [1.165, 1.54) is 26.1 Å². The van der Waals surface area contributed by atoms with Crippen molar-refractivity contribution in [2.75, 3.05) is 34.2 Å². The first-order valence-electron chi connectivity index (χ1n) is 11.7. The van der Waals surface area contributed by atoms with Gasteiger partial charge in [-0.3, -0.25) is 0 Å². The van der Waals surface area contributed by atoms with Crippen molar-refractivity contribution in [2.45, 2.75) is 44.7 Å². The third-order valence-electron chi connectivity index (χ3n) is 6.89. The molecule has 1 heterocycles. The van der Waals surface area contributed by atoms with E-state index in [4.69, 9.17) is 0 Å². The molecule has 4 nitrogen and oxygen atoms in total. The molecule has 0 bridgehead atoms. The zero-order valence-corrected chi connectivity index (χ0v) is 21.2. The van der Waals surface area contributed by atoms with Crippen LogP contribution in [0.2, 0.25) is 0 Å². The number of halogens is 7. The summed E-state index contributed by atoms with van der Waals surface area (Å²) in [5.41, 5.74) is -1.75. The average Bonchev–Trinajstić information content (AvgIpc) is 3.18. The molecule has 2 aromatic rings. The van der Waals surface area contributed by atoms with Gasteiger partial charge < -0.3 is 14.7 Å². The molecule has 0 unspecified atom stereocenters. The molecular weight excluding hydrogens is 503 g/mol. The van der Waals surface area contributed by atoms with Crippen molar-refractivity contribution >= 4 is 6.03 Å². The monoisotopic (exact) mass is 533 g/mol. The SMILES string of the molecule is Cc1cc(F)ccc1[C@@H]1[C@@H](CN(C)C)CCN1C(=O)N(C)[C@H](C)c1cc(C(F)(F)F)cc(C(F)(F)F)c1. The Labute approximate surface area is 211 Å². The second kappa shape index (κ2) is 10.5. The van der Waals surface area contributed by atoms with Gasteiger partial charge in [0.25, 0.3) is 0 Å². The molecule has 3 atom stereocenters. The van der Waals surface area contributed by atoms with E-state index < -0.39 is 47.4 Å². The van der Waals surface area contributed by atoms with Gasteiger partial charge in [0.05, 0.1) is 23.2 Å². The normalized spacial score (nSPS) is 19.4. The summed E-state index contributed by atoms with van der Waals surface area (Å²) in [5, 5.41) is 0. The molecule has 0 saturated carbocycles. The Morgan fingerprint density at radius 2 is 1.57 bits per heavy atom. The van der Waals surface area contributed by atoms with Crippen LogP contribution >= 0.6 is 0 Å². The topological polar surface area (TPSA) is 26.8 Å². The fourth-order valence-corrected chi connectivity index (χ4v) is 4.94. The van der Waals surface area contributed by atoms with E-state index in [9.17, 15) is 35.5 Å². The lowest BCUT2D eigenvalue weighted by Gasteiger charge is -2.36. The van der Waals surface area contributed by atoms with Gasteiger partial charge in [-0.25, -0.2) is 9.18 Å². The van der Waals surface area contributed by atoms with Gasteiger partial charge in [-0.05, 0) is 87.3 Å². The Morgan fingerprint density at radius 1 is 1.00 bits per heavy atom. The Kier molecular flexibility index (Phi) is 8.16. The summed E-state index contributed by atoms with van der Waals surface area (Å²) in [7, 11) is 5.13. The summed E-state index contributed by atoms with van der Waals surface area (Å²) in [6.45, 7) is 4.10. The van der Waals surface area contributed by atoms with Crippen LogP contribution < -0.4 is 0 Å². The highest BCUT2D eigenvalue weighted by atomic mass is 19.4. The number of benzene rings is 2. The first-order valence-corrected chi connectivity index (χ1v) is 11.7. The molecule has 1 aliphatic rings. The average molecular weight is 534 g/mol. The number of carbonyl (C=O) groups excluding carboxylic acids is 1. The number of urea groups is 1. The van der Waals surface area contributed by atoms with Gasteiger partial charge >= 0.3 is 18.4 Å². The molecule has 2 amide bonds. The molecule has 11 heteroatoms. The van der Waals surface area contributed by atoms with Crippen LogP contribution in [0.5, 0.6) is 0 Å². The van der Waals surface area contributed by atoms with E-state index >= 15 is 0 Å². The predicted molar refractivity (Wildman–Crippen MR) is 125 cm³/mol. The third-order valence-corrected chi connectivity index (χ3v) is 6.89. The van der Waals surface area contributed by atoms with Crippen LogP contribution in [0.4, 0.5) is 35.5 Å². The number of aryl methyl sites for hydroxylation is 1. The van der Waals surface area contributed by atoms with Crippen LogP contribution in [-0.2, 0) is 12.4 Å². The smallest absolute Gasteiger partial charge is 0.321 e. The summed E-state index contributed by atoms with van der Waals surface area (Å²) in [6.07, 6.45) is -9.34. The van der Waals surface area contributed by atoms with Crippen molar-refractivity contribution in [3.63, 3.8) is 0 Å². The predicted octanol–water partition coefficient (Wildman–Crippen LogP) is 6.91. The number of carbonyl (C=O) groups is 1. The largest absolute Gasteiger partial charge is 0.416 e. The molecule has 1 saturated heterocycles. The maximum absolute atomic E-state index is 13.8. The standard InChI is InChI=1S/C26H30F7N3O/c1-15-10-21(27)6-7-22(15)23-17(14-34(3)4)8-9-36(23)24(37)35(5)16(2)18-11-19(25(28,29)30)13-20(12-18)26(31,32)33/h6-7,10-13,16-17,23H,8-9,14H2,1-5H3/t16-,17-,23+/m1/s1. The van der Waals surface area contributed by atoms with Gasteiger partial charge in [-0.1, -0.05) is 6.07 Å². The van der Waals surface area contributed by atoms with Crippen molar-refractivity contribution < 1.29 is 35.5 Å². The molecule has 0 radical (unpaired) electrons. The van der Waals surface area contributed by atoms with Crippen LogP contribution in [0.25, 0.3) is 0 Å². The van der Waals surface area contributed by atoms with Crippen LogP contribution in [-0.4, -0.2) is 55.0 Å². The van der Waals surface area contributed by atoms with Crippen LogP contribution in [0.3, 0.4) is 0 Å². The van der Waals surface area contributed by atoms with E-state index in [-0.39, 0.29) is 17.5 Å². The minimum absolute atomic E-state index is 0.00259. The molecule has 0 aromatic heterocycles. The number of hydrogen-bond acceptors (Lipinski definition) is 2. The number of amides is 2. The Balaban J connectivity index is 1.98. The van der Waals surface area contributed by atoms with Crippen molar-refractivity contribution in [3.05, 3.63) is 70.0 Å². The van der Waals surface area contributed by atoms with Gasteiger partial charge in [0.1, 0.15) is 5.82 Å². The number of nitrogens with zero attached hydrogens (tertiary/aromatic N) is 3. The minimum atomic E-state index is -4.99. The van der Waals surface area contributed by atoms with Gasteiger partial charge in [0.2, 0.25) is 0 Å². The first-order chi connectivity index (χ1) is 17.0. The molecule has 37 heavy (non-hydrogen) atoms. The number of hydrogen-bond donors (Lipinski definition) is 0. The zero-order chi connectivity index (χ0) is 27.9. The number of alkyl halides is 6. The highest BCUT2D eigenvalue weighted by Gasteiger charge is 2.42. The maximum Gasteiger partial charge on any atom is 0.416 e. The fourth-order valence-electron chi connectivity index (χ4n) is 4.94. The van der Waals surface area contributed by atoms with Crippen LogP contribution in [0, 0.1) is 18.7 Å². The summed E-state index contributed by atoms with van der Waals surface area (Å²) < 4.78 is 94.0. The second-order valence-electron chi connectivity index (χ2n) is 9.86. The maximum atomic E-state index is 13.8. The molecule has 204 valence electrons. The third kappa shape index (κ3) is 6.37. The van der Waals surface area contributed by atoms with Crippen molar-refractivity contribution in [1.29, 1.82) is 0 Å². The Morgan fingerprint density at radius 3 is 2.05 bits per heavy atom. The molecular formula is C26H30F7N3O. The summed E-state index contributed by atoms with van der Waals surface area (Å²) in [4.78, 5) is 18.3. The van der Waals surface area contributed by atoms with Gasteiger partial charge in [-0.15, -0.1) is 0 Å². The van der Waals surface area contributed by atoms with E-state index in [0.29, 0.717) is 37.2 Å². The van der Waals surface area contributed by atoms with Crippen LogP contribution in [0.1, 0.15) is 53.2 Å².